The van der Waals surface area contributed by atoms with Gasteiger partial charge < -0.3 is 0 Å². The van der Waals surface area contributed by atoms with Crippen LogP contribution in [-0.2, 0) is 0 Å². The van der Waals surface area contributed by atoms with Crippen LogP contribution >= 0.6 is 0 Å². The molecule has 0 bridgehead atoms. The van der Waals surface area contributed by atoms with Crippen LogP contribution < -0.4 is 5.19 Å². The second kappa shape index (κ2) is 6.37. The summed E-state index contributed by atoms with van der Waals surface area (Å²) in [7, 11) is -1.55. The highest BCUT2D eigenvalue weighted by Crippen LogP contribution is 2.24. The van der Waals surface area contributed by atoms with E-state index in [2.05, 4.69) is 30.7 Å². The molecule has 2 aromatic rings. The van der Waals surface area contributed by atoms with Crippen LogP contribution in [0.5, 0.6) is 0 Å². The van der Waals surface area contributed by atoms with Crippen molar-refractivity contribution in [2.24, 2.45) is 0 Å². The SMILES string of the molecule is [2H]C(C)(C)c1ccc(-c2cc(C([2H])(C)C)c([Si](C)(C)C)cn2)cc1. The first-order valence-corrected chi connectivity index (χ1v) is 11.4. The van der Waals surface area contributed by atoms with E-state index in [9.17, 15) is 0 Å². The molecule has 0 aliphatic heterocycles. The molecule has 0 fully saturated rings. The number of hydrogen-bond acceptors (Lipinski definition) is 1. The second-order valence-electron chi connectivity index (χ2n) is 7.44. The van der Waals surface area contributed by atoms with Crippen molar-refractivity contribution in [2.45, 2.75) is 59.1 Å². The van der Waals surface area contributed by atoms with E-state index < -0.39 is 19.9 Å². The smallest absolute Gasteiger partial charge is 0.0799 e. The third kappa shape index (κ3) is 3.67. The van der Waals surface area contributed by atoms with Crippen molar-refractivity contribution in [1.29, 1.82) is 0 Å². The topological polar surface area (TPSA) is 12.9 Å². The fourth-order valence-corrected chi connectivity index (χ4v) is 4.18. The number of pyridine rings is 1. The Morgan fingerprint density at radius 1 is 0.955 bits per heavy atom. The maximum absolute atomic E-state index is 8.54. The van der Waals surface area contributed by atoms with E-state index in [1.165, 1.54) is 5.19 Å². The zero-order valence-electron chi connectivity index (χ0n) is 16.9. The summed E-state index contributed by atoms with van der Waals surface area (Å²) in [6, 6.07) is 10.1. The van der Waals surface area contributed by atoms with Crippen molar-refractivity contribution in [3.8, 4) is 11.3 Å². The van der Waals surface area contributed by atoms with Crippen LogP contribution in [0.15, 0.2) is 36.5 Å². The monoisotopic (exact) mass is 313 g/mol. The summed E-state index contributed by atoms with van der Waals surface area (Å²) in [5.74, 6) is -1.24. The van der Waals surface area contributed by atoms with Gasteiger partial charge in [-0.1, -0.05) is 71.6 Å². The molecule has 1 nitrogen and oxygen atoms in total. The number of hydrogen-bond donors (Lipinski definition) is 0. The number of aromatic nitrogens is 1. The van der Waals surface area contributed by atoms with Gasteiger partial charge in [0.25, 0.3) is 0 Å². The Kier molecular flexibility index (Phi) is 4.11. The zero-order chi connectivity index (χ0) is 18.3. The molecule has 2 heteroatoms. The van der Waals surface area contributed by atoms with Crippen LogP contribution in [0.3, 0.4) is 0 Å². The summed E-state index contributed by atoms with van der Waals surface area (Å²) in [6.45, 7) is 14.6. The van der Waals surface area contributed by atoms with Gasteiger partial charge in [-0.3, -0.25) is 4.98 Å². The molecule has 1 aromatic carbocycles. The molecule has 0 saturated carbocycles. The van der Waals surface area contributed by atoms with Gasteiger partial charge in [-0.05, 0) is 34.2 Å². The van der Waals surface area contributed by atoms with Gasteiger partial charge in [0, 0.05) is 14.5 Å². The lowest BCUT2D eigenvalue weighted by Gasteiger charge is -2.23. The first-order chi connectivity index (χ1) is 10.8. The van der Waals surface area contributed by atoms with Gasteiger partial charge in [0.1, 0.15) is 0 Å². The van der Waals surface area contributed by atoms with Crippen molar-refractivity contribution in [3.63, 3.8) is 0 Å². The lowest BCUT2D eigenvalue weighted by Crippen LogP contribution is -2.40. The van der Waals surface area contributed by atoms with E-state index in [0.29, 0.717) is 0 Å². The Labute approximate surface area is 139 Å². The normalized spacial score (nSPS) is 14.5. The molecule has 0 aliphatic rings. The molecule has 0 radical (unpaired) electrons. The average molecular weight is 314 g/mol. The molecule has 0 spiro atoms. The van der Waals surface area contributed by atoms with Crippen LogP contribution in [0.4, 0.5) is 0 Å². The third-order valence-electron chi connectivity index (χ3n) is 4.01. The highest BCUT2D eigenvalue weighted by Gasteiger charge is 2.22. The highest BCUT2D eigenvalue weighted by molar-refractivity contribution is 6.89. The molecule has 0 atom stereocenters. The van der Waals surface area contributed by atoms with Gasteiger partial charge in [-0.2, -0.15) is 0 Å². The van der Waals surface area contributed by atoms with Gasteiger partial charge in [0.05, 0.1) is 13.8 Å². The van der Waals surface area contributed by atoms with Crippen LogP contribution in [0.1, 0.15) is 53.4 Å². The van der Waals surface area contributed by atoms with E-state index in [0.717, 1.165) is 22.4 Å². The largest absolute Gasteiger partial charge is 0.256 e. The lowest BCUT2D eigenvalue weighted by atomic mass is 9.98. The Morgan fingerprint density at radius 3 is 2.00 bits per heavy atom. The quantitative estimate of drug-likeness (QED) is 0.675. The van der Waals surface area contributed by atoms with Crippen molar-refractivity contribution >= 4 is 13.3 Å². The van der Waals surface area contributed by atoms with Crippen molar-refractivity contribution in [1.82, 2.24) is 4.98 Å². The van der Waals surface area contributed by atoms with Gasteiger partial charge in [-0.15, -0.1) is 0 Å². The Morgan fingerprint density at radius 2 is 1.55 bits per heavy atom. The molecule has 0 unspecified atom stereocenters. The van der Waals surface area contributed by atoms with Gasteiger partial charge in [-0.25, -0.2) is 0 Å². The summed E-state index contributed by atoms with van der Waals surface area (Å²) >= 11 is 0. The van der Waals surface area contributed by atoms with Crippen LogP contribution in [0.2, 0.25) is 19.6 Å². The van der Waals surface area contributed by atoms with E-state index >= 15 is 0 Å². The fourth-order valence-electron chi connectivity index (χ4n) is 2.60. The second-order valence-corrected chi connectivity index (χ2v) is 12.5. The van der Waals surface area contributed by atoms with Crippen molar-refractivity contribution in [3.05, 3.63) is 47.7 Å². The van der Waals surface area contributed by atoms with Crippen LogP contribution in [-0.4, -0.2) is 13.1 Å². The van der Waals surface area contributed by atoms with Gasteiger partial charge >= 0.3 is 0 Å². The first-order valence-electron chi connectivity index (χ1n) is 8.92. The first kappa shape index (κ1) is 14.2. The van der Waals surface area contributed by atoms with Gasteiger partial charge in [0.15, 0.2) is 0 Å². The minimum absolute atomic E-state index is 0.595. The summed E-state index contributed by atoms with van der Waals surface area (Å²) in [4.78, 5) is 4.69. The highest BCUT2D eigenvalue weighted by atomic mass is 28.3. The molecule has 1 heterocycles. The van der Waals surface area contributed by atoms with Crippen LogP contribution in [0.25, 0.3) is 11.3 Å². The Hall–Kier alpha value is -1.41. The van der Waals surface area contributed by atoms with E-state index in [1.54, 1.807) is 0 Å². The molecule has 2 rings (SSSR count). The molecule has 1 aromatic heterocycles. The standard InChI is InChI=1S/C20H29NSi/c1-14(2)16-8-10-17(11-9-16)19-12-18(15(3)4)20(13-21-19)22(5,6)7/h8-15H,1-7H3/i14D,15D. The molecule has 0 amide bonds. The molecular formula is C20H29NSi. The predicted octanol–water partition coefficient (Wildman–Crippen LogP) is 5.54. The minimum atomic E-state index is -1.55. The summed E-state index contributed by atoms with van der Waals surface area (Å²) in [5, 5.41) is 1.26. The van der Waals surface area contributed by atoms with Crippen molar-refractivity contribution in [2.75, 3.05) is 0 Å². The van der Waals surface area contributed by atoms with E-state index in [-0.39, 0.29) is 0 Å². The lowest BCUT2D eigenvalue weighted by molar-refractivity contribution is 0.866. The van der Waals surface area contributed by atoms with E-state index in [1.807, 2.05) is 58.2 Å². The molecule has 0 aliphatic carbocycles. The van der Waals surface area contributed by atoms with Crippen LogP contribution in [0, 0.1) is 0 Å². The molecule has 0 N–H and O–H groups in total. The van der Waals surface area contributed by atoms with E-state index in [4.69, 9.17) is 2.74 Å². The fraction of sp³-hybridized carbons (Fsp3) is 0.450. The molecule has 118 valence electrons. The zero-order valence-corrected chi connectivity index (χ0v) is 15.9. The van der Waals surface area contributed by atoms with Crippen molar-refractivity contribution < 1.29 is 2.74 Å². The Bertz CT molecular complexity index is 717. The maximum Gasteiger partial charge on any atom is 0.0799 e. The number of nitrogens with zero attached hydrogens (tertiary/aromatic N) is 1. The molecule has 0 saturated heterocycles. The third-order valence-corrected chi connectivity index (χ3v) is 6.02. The summed E-state index contributed by atoms with van der Waals surface area (Å²) < 4.78 is 16.7. The Balaban J connectivity index is 2.53. The minimum Gasteiger partial charge on any atom is -0.256 e. The number of rotatable bonds is 4. The summed E-state index contributed by atoms with van der Waals surface area (Å²) in [6.07, 6.45) is 1.98. The predicted molar refractivity (Wildman–Crippen MR) is 101 cm³/mol. The average Bonchev–Trinajstić information content (AvgIpc) is 2.44. The van der Waals surface area contributed by atoms with Gasteiger partial charge in [0.2, 0.25) is 0 Å². The molecular weight excluding hydrogens is 282 g/mol. The molecule has 22 heavy (non-hydrogen) atoms. The summed E-state index contributed by atoms with van der Waals surface area (Å²) in [5.41, 5.74) is 4.01. The maximum atomic E-state index is 8.54. The number of benzene rings is 1.